The average Bonchev–Trinajstić information content (AvgIpc) is 3.24. The molecule has 0 radical (unpaired) electrons. The maximum atomic E-state index is 11.5. The smallest absolute Gasteiger partial charge is 0.235 e. The van der Waals surface area contributed by atoms with E-state index in [1.54, 1.807) is 11.9 Å². The van der Waals surface area contributed by atoms with Crippen molar-refractivity contribution in [3.63, 3.8) is 0 Å². The Kier molecular flexibility index (Phi) is 12.5. The normalized spacial score (nSPS) is 11.4. The molecule has 1 amide bonds. The summed E-state index contributed by atoms with van der Waals surface area (Å²) in [5, 5.41) is 3.12. The number of alkyl halides is 1. The fraction of sp³-hybridized carbons (Fsp3) is 0.533. The lowest BCUT2D eigenvalue weighted by Crippen LogP contribution is -2.18. The van der Waals surface area contributed by atoms with E-state index in [9.17, 15) is 4.79 Å². The molecule has 7 heteroatoms. The van der Waals surface area contributed by atoms with Gasteiger partial charge in [-0.2, -0.15) is 0 Å². The van der Waals surface area contributed by atoms with Crippen LogP contribution in [-0.2, 0) is 16.8 Å². The predicted molar refractivity (Wildman–Crippen MR) is 166 cm³/mol. The Morgan fingerprint density at radius 2 is 1.78 bits per heavy atom. The molecular formula is C30H45BrN4OS. The van der Waals surface area contributed by atoms with Crippen LogP contribution in [0.15, 0.2) is 47.4 Å². The van der Waals surface area contributed by atoms with Crippen LogP contribution >= 0.6 is 27.9 Å². The number of halogens is 1. The minimum absolute atomic E-state index is 0.00182. The van der Waals surface area contributed by atoms with E-state index in [-0.39, 0.29) is 11.3 Å². The molecule has 0 atom stereocenters. The zero-order valence-electron chi connectivity index (χ0n) is 23.9. The lowest BCUT2D eigenvalue weighted by molar-refractivity contribution is -0.113. The van der Waals surface area contributed by atoms with Crippen molar-refractivity contribution in [2.75, 3.05) is 22.0 Å². The number of aromatic nitrogens is 2. The summed E-state index contributed by atoms with van der Waals surface area (Å²) < 4.78 is 4.43. The summed E-state index contributed by atoms with van der Waals surface area (Å²) >= 11 is 4.79. The second-order valence-electron chi connectivity index (χ2n) is 10.8. The second kappa shape index (κ2) is 14.8. The first-order valence-electron chi connectivity index (χ1n) is 13.4. The van der Waals surface area contributed by atoms with E-state index in [0.717, 1.165) is 40.1 Å². The highest BCUT2D eigenvalue weighted by molar-refractivity contribution is 9.09. The summed E-state index contributed by atoms with van der Waals surface area (Å²) in [6.07, 6.45) is 5.60. The number of anilines is 2. The molecule has 5 nitrogen and oxygen atoms in total. The molecule has 0 fully saturated rings. The van der Waals surface area contributed by atoms with Crippen molar-refractivity contribution in [1.82, 2.24) is 9.55 Å². The maximum absolute atomic E-state index is 11.5. The van der Waals surface area contributed by atoms with Crippen molar-refractivity contribution in [1.29, 1.82) is 0 Å². The molecule has 2 aromatic carbocycles. The van der Waals surface area contributed by atoms with Crippen molar-refractivity contribution in [2.45, 2.75) is 91.0 Å². The number of nitrogens with one attached hydrogen (secondary N) is 1. The molecule has 1 aromatic heterocycles. The third-order valence-electron chi connectivity index (χ3n) is 5.97. The first-order chi connectivity index (χ1) is 17.5. The van der Waals surface area contributed by atoms with E-state index in [0.29, 0.717) is 5.33 Å². The number of carbonyl (C=O) groups is 1. The molecule has 0 aliphatic heterocycles. The van der Waals surface area contributed by atoms with Crippen molar-refractivity contribution in [3.8, 4) is 0 Å². The standard InChI is InChI=1S/C22H27BrN4OS.C8H18/c1-6-27-19-12-9-16(13-18(19)25-21(27)22(2,3)4)26(5)29-17-10-7-15(8-11-17)24-20(28)14-23;1-4-5-6-7-8(2)3/h7-13H,6,14H2,1-5H3,(H,24,28);8H,4-7H2,1-3H3. The molecule has 0 aliphatic rings. The zero-order valence-corrected chi connectivity index (χ0v) is 26.3. The third-order valence-corrected chi connectivity index (χ3v) is 7.45. The Labute approximate surface area is 237 Å². The van der Waals surface area contributed by atoms with Gasteiger partial charge >= 0.3 is 0 Å². The number of benzene rings is 2. The number of imidazole rings is 1. The third kappa shape index (κ3) is 9.68. The van der Waals surface area contributed by atoms with Crippen LogP contribution < -0.4 is 9.62 Å². The number of unbranched alkanes of at least 4 members (excludes halogenated alkanes) is 2. The van der Waals surface area contributed by atoms with E-state index >= 15 is 0 Å². The number of aryl methyl sites for hydroxylation is 1. The number of carbonyl (C=O) groups excluding carboxylic acids is 1. The van der Waals surface area contributed by atoms with Crippen LogP contribution in [0, 0.1) is 5.92 Å². The molecular weight excluding hydrogens is 544 g/mol. The van der Waals surface area contributed by atoms with Gasteiger partial charge in [-0.25, -0.2) is 4.98 Å². The van der Waals surface area contributed by atoms with Crippen LogP contribution in [0.3, 0.4) is 0 Å². The summed E-state index contributed by atoms with van der Waals surface area (Å²) in [7, 11) is 2.05. The number of nitrogens with zero attached hydrogens (tertiary/aromatic N) is 3. The van der Waals surface area contributed by atoms with Gasteiger partial charge in [-0.3, -0.25) is 4.79 Å². The van der Waals surface area contributed by atoms with Crippen LogP contribution in [-0.4, -0.2) is 27.8 Å². The quantitative estimate of drug-likeness (QED) is 0.146. The van der Waals surface area contributed by atoms with Gasteiger partial charge in [0.05, 0.1) is 16.4 Å². The van der Waals surface area contributed by atoms with Crippen LogP contribution in [0.2, 0.25) is 0 Å². The monoisotopic (exact) mass is 588 g/mol. The molecule has 0 bridgehead atoms. The molecule has 204 valence electrons. The van der Waals surface area contributed by atoms with Gasteiger partial charge in [-0.05, 0) is 67.3 Å². The molecule has 0 unspecified atom stereocenters. The molecule has 1 N–H and O–H groups in total. The molecule has 0 aliphatic carbocycles. The van der Waals surface area contributed by atoms with Gasteiger partial charge in [-0.1, -0.05) is 83.2 Å². The fourth-order valence-corrected chi connectivity index (χ4v) is 4.95. The Hall–Kier alpha value is -1.99. The fourth-order valence-electron chi connectivity index (χ4n) is 4.01. The van der Waals surface area contributed by atoms with Crippen LogP contribution in [0.4, 0.5) is 11.4 Å². The maximum Gasteiger partial charge on any atom is 0.235 e. The second-order valence-corrected chi connectivity index (χ2v) is 12.5. The average molecular weight is 590 g/mol. The van der Waals surface area contributed by atoms with Crippen LogP contribution in [0.1, 0.15) is 80.0 Å². The molecule has 37 heavy (non-hydrogen) atoms. The van der Waals surface area contributed by atoms with E-state index in [2.05, 4.69) is 96.8 Å². The number of hydrogen-bond donors (Lipinski definition) is 1. The van der Waals surface area contributed by atoms with Crippen molar-refractivity contribution in [3.05, 3.63) is 48.3 Å². The highest BCUT2D eigenvalue weighted by atomic mass is 79.9. The minimum Gasteiger partial charge on any atom is -0.328 e. The Morgan fingerprint density at radius 1 is 1.11 bits per heavy atom. The lowest BCUT2D eigenvalue weighted by atomic mass is 9.96. The van der Waals surface area contributed by atoms with E-state index in [1.165, 1.54) is 31.2 Å². The van der Waals surface area contributed by atoms with E-state index < -0.39 is 0 Å². The topological polar surface area (TPSA) is 50.2 Å². The highest BCUT2D eigenvalue weighted by Crippen LogP contribution is 2.32. The van der Waals surface area contributed by atoms with Crippen LogP contribution in [0.5, 0.6) is 0 Å². The van der Waals surface area contributed by atoms with Gasteiger partial charge < -0.3 is 14.2 Å². The summed E-state index contributed by atoms with van der Waals surface area (Å²) in [6.45, 7) is 16.5. The molecule has 3 aromatic rings. The van der Waals surface area contributed by atoms with Crippen molar-refractivity contribution in [2.24, 2.45) is 5.92 Å². The number of rotatable bonds is 10. The molecule has 1 heterocycles. The molecule has 0 saturated heterocycles. The summed E-state index contributed by atoms with van der Waals surface area (Å²) in [5.74, 6) is 1.96. The summed E-state index contributed by atoms with van der Waals surface area (Å²) in [4.78, 5) is 17.5. The van der Waals surface area contributed by atoms with Gasteiger partial charge in [0.1, 0.15) is 5.82 Å². The molecule has 3 rings (SSSR count). The van der Waals surface area contributed by atoms with Crippen molar-refractivity contribution < 1.29 is 4.79 Å². The van der Waals surface area contributed by atoms with Gasteiger partial charge in [0.15, 0.2) is 0 Å². The Bertz CT molecular complexity index is 1120. The van der Waals surface area contributed by atoms with Gasteiger partial charge in [0.2, 0.25) is 5.91 Å². The molecule has 0 spiro atoms. The predicted octanol–water partition coefficient (Wildman–Crippen LogP) is 9.05. The first-order valence-corrected chi connectivity index (χ1v) is 15.3. The van der Waals surface area contributed by atoms with E-state index in [1.807, 2.05) is 31.3 Å². The van der Waals surface area contributed by atoms with E-state index in [4.69, 9.17) is 4.98 Å². The van der Waals surface area contributed by atoms with Gasteiger partial charge in [-0.15, -0.1) is 0 Å². The zero-order chi connectivity index (χ0) is 27.6. The number of amides is 1. The number of fused-ring (bicyclic) bond motifs is 1. The Balaban J connectivity index is 0.000000521. The first kappa shape index (κ1) is 31.2. The SMILES string of the molecule is CCCCCC(C)C.CCn1c(C(C)(C)C)nc2cc(N(C)Sc3ccc(NC(=O)CBr)cc3)ccc21. The highest BCUT2D eigenvalue weighted by Gasteiger charge is 2.22. The summed E-state index contributed by atoms with van der Waals surface area (Å²) in [6, 6.07) is 14.3. The van der Waals surface area contributed by atoms with Crippen molar-refractivity contribution >= 4 is 56.2 Å². The number of hydrogen-bond acceptors (Lipinski definition) is 4. The van der Waals surface area contributed by atoms with Crippen LogP contribution in [0.25, 0.3) is 11.0 Å². The van der Waals surface area contributed by atoms with Gasteiger partial charge in [0, 0.05) is 35.3 Å². The Morgan fingerprint density at radius 3 is 2.32 bits per heavy atom. The largest absolute Gasteiger partial charge is 0.328 e. The molecule has 0 saturated carbocycles. The lowest BCUT2D eigenvalue weighted by Gasteiger charge is -2.19. The minimum atomic E-state index is -0.0584. The summed E-state index contributed by atoms with van der Waals surface area (Å²) in [5.41, 5.74) is 4.09. The van der Waals surface area contributed by atoms with Gasteiger partial charge in [0.25, 0.3) is 0 Å².